The second-order valence-electron chi connectivity index (χ2n) is 6.58. The van der Waals surface area contributed by atoms with Crippen molar-refractivity contribution in [3.63, 3.8) is 0 Å². The molecule has 1 amide bonds. The van der Waals surface area contributed by atoms with E-state index in [-0.39, 0.29) is 11.9 Å². The number of benzene rings is 2. The quantitative estimate of drug-likeness (QED) is 0.813. The summed E-state index contributed by atoms with van der Waals surface area (Å²) in [4.78, 5) is 13.8. The fraction of sp³-hybridized carbons (Fsp3) is 0.381. The molecule has 4 heteroatoms. The van der Waals surface area contributed by atoms with Crippen LogP contribution in [0.1, 0.15) is 30.5 Å². The molecule has 4 nitrogen and oxygen atoms in total. The maximum atomic E-state index is 12.6. The van der Waals surface area contributed by atoms with Crippen LogP contribution >= 0.6 is 0 Å². The molecule has 0 aliphatic carbocycles. The van der Waals surface area contributed by atoms with Crippen molar-refractivity contribution in [3.05, 3.63) is 59.2 Å². The first-order valence-corrected chi connectivity index (χ1v) is 8.83. The number of para-hydroxylation sites is 1. The van der Waals surface area contributed by atoms with Crippen LogP contribution in [0.2, 0.25) is 0 Å². The molecule has 0 spiro atoms. The van der Waals surface area contributed by atoms with Gasteiger partial charge in [-0.2, -0.15) is 0 Å². The molecule has 0 bridgehead atoms. The maximum absolute atomic E-state index is 12.6. The van der Waals surface area contributed by atoms with Gasteiger partial charge in [0.1, 0.15) is 12.3 Å². The van der Waals surface area contributed by atoms with Crippen molar-refractivity contribution in [1.29, 1.82) is 0 Å². The Balaban J connectivity index is 1.98. The number of aryl methyl sites for hydroxylation is 2. The Kier molecular flexibility index (Phi) is 6.59. The van der Waals surface area contributed by atoms with Crippen LogP contribution in [0.15, 0.2) is 42.5 Å². The Morgan fingerprint density at radius 3 is 2.28 bits per heavy atom. The van der Waals surface area contributed by atoms with Gasteiger partial charge in [-0.05, 0) is 63.1 Å². The summed E-state index contributed by atoms with van der Waals surface area (Å²) in [5, 5.41) is 3.09. The summed E-state index contributed by atoms with van der Waals surface area (Å²) in [6, 6.07) is 14.0. The number of ether oxygens (including phenoxy) is 1. The molecule has 134 valence electrons. The minimum Gasteiger partial charge on any atom is -0.494 e. The van der Waals surface area contributed by atoms with E-state index in [1.807, 2.05) is 65.1 Å². The third kappa shape index (κ3) is 5.07. The number of carbonyl (C=O) groups excluding carboxylic acids is 1. The predicted octanol–water partition coefficient (Wildman–Crippen LogP) is 2.74. The second-order valence-corrected chi connectivity index (χ2v) is 6.58. The zero-order valence-corrected chi connectivity index (χ0v) is 15.8. The van der Waals surface area contributed by atoms with Gasteiger partial charge in [0.15, 0.2) is 6.04 Å². The molecular formula is C21H29N2O2+. The summed E-state index contributed by atoms with van der Waals surface area (Å²) in [5.74, 6) is 0.922. The highest BCUT2D eigenvalue weighted by Gasteiger charge is 2.23. The molecule has 0 aliphatic rings. The summed E-state index contributed by atoms with van der Waals surface area (Å²) < 4.78 is 5.47. The number of anilines is 1. The largest absolute Gasteiger partial charge is 0.494 e. The van der Waals surface area contributed by atoms with Gasteiger partial charge >= 0.3 is 0 Å². The van der Waals surface area contributed by atoms with Gasteiger partial charge < -0.3 is 15.0 Å². The van der Waals surface area contributed by atoms with E-state index < -0.39 is 0 Å². The van der Waals surface area contributed by atoms with E-state index in [0.29, 0.717) is 6.61 Å². The van der Waals surface area contributed by atoms with Crippen molar-refractivity contribution in [2.75, 3.05) is 19.0 Å². The first-order valence-electron chi connectivity index (χ1n) is 8.83. The first kappa shape index (κ1) is 19.0. The van der Waals surface area contributed by atoms with Gasteiger partial charge in [-0.1, -0.05) is 18.2 Å². The van der Waals surface area contributed by atoms with Crippen molar-refractivity contribution in [1.82, 2.24) is 0 Å². The van der Waals surface area contributed by atoms with E-state index >= 15 is 0 Å². The number of amides is 1. The Morgan fingerprint density at radius 1 is 1.12 bits per heavy atom. The Morgan fingerprint density at radius 2 is 1.72 bits per heavy atom. The van der Waals surface area contributed by atoms with Crippen molar-refractivity contribution in [2.45, 2.75) is 40.3 Å². The molecule has 2 rings (SSSR count). The molecule has 0 heterocycles. The molecule has 2 N–H and O–H groups in total. The molecule has 0 saturated heterocycles. The molecule has 0 fully saturated rings. The number of carbonyl (C=O) groups is 1. The van der Waals surface area contributed by atoms with Gasteiger partial charge in [0.05, 0.1) is 13.7 Å². The van der Waals surface area contributed by atoms with E-state index in [2.05, 4.69) is 17.4 Å². The predicted molar refractivity (Wildman–Crippen MR) is 102 cm³/mol. The van der Waals surface area contributed by atoms with Crippen molar-refractivity contribution in [2.24, 2.45) is 0 Å². The number of hydrogen-bond acceptors (Lipinski definition) is 2. The van der Waals surface area contributed by atoms with Gasteiger partial charge in [-0.3, -0.25) is 4.79 Å². The van der Waals surface area contributed by atoms with Crippen molar-refractivity contribution in [3.8, 4) is 5.75 Å². The molecule has 25 heavy (non-hydrogen) atoms. The van der Waals surface area contributed by atoms with E-state index in [1.165, 1.54) is 5.56 Å². The van der Waals surface area contributed by atoms with Gasteiger partial charge in [-0.15, -0.1) is 0 Å². The number of hydrogen-bond donors (Lipinski definition) is 2. The summed E-state index contributed by atoms with van der Waals surface area (Å²) in [7, 11) is 2.05. The van der Waals surface area contributed by atoms with Crippen LogP contribution in [0.3, 0.4) is 0 Å². The van der Waals surface area contributed by atoms with Crippen LogP contribution in [0.25, 0.3) is 0 Å². The molecule has 1 unspecified atom stereocenters. The molecule has 0 radical (unpaired) electrons. The molecular weight excluding hydrogens is 312 g/mol. The van der Waals surface area contributed by atoms with Crippen LogP contribution in [-0.2, 0) is 11.3 Å². The average Bonchev–Trinajstić information content (AvgIpc) is 2.59. The fourth-order valence-electron chi connectivity index (χ4n) is 2.81. The lowest BCUT2D eigenvalue weighted by atomic mass is 10.1. The zero-order valence-electron chi connectivity index (χ0n) is 15.8. The molecule has 0 aromatic heterocycles. The Hall–Kier alpha value is -2.33. The van der Waals surface area contributed by atoms with Crippen LogP contribution < -0.4 is 15.0 Å². The third-order valence-corrected chi connectivity index (χ3v) is 4.58. The maximum Gasteiger partial charge on any atom is 0.282 e. The van der Waals surface area contributed by atoms with E-state index in [9.17, 15) is 4.79 Å². The molecule has 2 atom stereocenters. The SMILES string of the molecule is CCOc1ccc(C[NH+](C)[C@@H](C)C(=O)Nc2c(C)cccc2C)cc1. The molecule has 0 saturated carbocycles. The zero-order chi connectivity index (χ0) is 18.4. The summed E-state index contributed by atoms with van der Waals surface area (Å²) in [6.07, 6.45) is 0. The normalized spacial score (nSPS) is 13.2. The Labute approximate surface area is 150 Å². The van der Waals surface area contributed by atoms with E-state index in [4.69, 9.17) is 4.74 Å². The number of likely N-dealkylation sites (N-methyl/N-ethyl adjacent to an activating group) is 1. The first-order chi connectivity index (χ1) is 11.9. The molecule has 2 aromatic carbocycles. The summed E-state index contributed by atoms with van der Waals surface area (Å²) in [6.45, 7) is 9.43. The standard InChI is InChI=1S/C21H28N2O2/c1-6-25-19-12-10-18(11-13-19)14-23(5)17(4)21(24)22-20-15(2)8-7-9-16(20)3/h7-13,17H,6,14H2,1-5H3,(H,22,24)/p+1/t17-/m0/s1. The minimum atomic E-state index is -0.148. The van der Waals surface area contributed by atoms with E-state index in [1.54, 1.807) is 0 Å². The highest BCUT2D eigenvalue weighted by molar-refractivity contribution is 5.95. The minimum absolute atomic E-state index is 0.0424. The van der Waals surface area contributed by atoms with Crippen LogP contribution in [0.4, 0.5) is 5.69 Å². The van der Waals surface area contributed by atoms with Crippen LogP contribution in [0.5, 0.6) is 5.75 Å². The van der Waals surface area contributed by atoms with Crippen LogP contribution in [-0.4, -0.2) is 25.6 Å². The van der Waals surface area contributed by atoms with Gasteiger partial charge in [0.25, 0.3) is 5.91 Å². The van der Waals surface area contributed by atoms with Crippen molar-refractivity contribution < 1.29 is 14.4 Å². The lowest BCUT2D eigenvalue weighted by Crippen LogP contribution is -3.12. The third-order valence-electron chi connectivity index (χ3n) is 4.58. The highest BCUT2D eigenvalue weighted by Crippen LogP contribution is 2.19. The van der Waals surface area contributed by atoms with Gasteiger partial charge in [-0.25, -0.2) is 0 Å². The summed E-state index contributed by atoms with van der Waals surface area (Å²) in [5.41, 5.74) is 4.29. The average molecular weight is 341 g/mol. The number of rotatable bonds is 7. The number of quaternary nitrogens is 1. The monoisotopic (exact) mass is 341 g/mol. The second kappa shape index (κ2) is 8.67. The van der Waals surface area contributed by atoms with Gasteiger partial charge in [0, 0.05) is 11.3 Å². The van der Waals surface area contributed by atoms with E-state index in [0.717, 1.165) is 34.0 Å². The highest BCUT2D eigenvalue weighted by atomic mass is 16.5. The number of nitrogens with one attached hydrogen (secondary N) is 2. The fourth-order valence-corrected chi connectivity index (χ4v) is 2.81. The lowest BCUT2D eigenvalue weighted by molar-refractivity contribution is -0.907. The topological polar surface area (TPSA) is 42.8 Å². The van der Waals surface area contributed by atoms with Crippen LogP contribution in [0, 0.1) is 13.8 Å². The summed E-state index contributed by atoms with van der Waals surface area (Å²) >= 11 is 0. The molecule has 0 aliphatic heterocycles. The Bertz CT molecular complexity index is 690. The molecule has 2 aromatic rings. The van der Waals surface area contributed by atoms with Crippen molar-refractivity contribution >= 4 is 11.6 Å². The van der Waals surface area contributed by atoms with Gasteiger partial charge in [0.2, 0.25) is 0 Å². The smallest absolute Gasteiger partial charge is 0.282 e. The lowest BCUT2D eigenvalue weighted by Gasteiger charge is -2.22.